The van der Waals surface area contributed by atoms with Gasteiger partial charge in [-0.3, -0.25) is 9.62 Å². The molecule has 0 unspecified atom stereocenters. The number of aryl methyl sites for hydroxylation is 1. The number of morpholine rings is 1. The highest BCUT2D eigenvalue weighted by Crippen LogP contribution is 2.32. The lowest BCUT2D eigenvalue weighted by Crippen LogP contribution is -2.35. The zero-order valence-electron chi connectivity index (χ0n) is 18.4. The third-order valence-electron chi connectivity index (χ3n) is 4.92. The molecule has 9 nitrogen and oxygen atoms in total. The van der Waals surface area contributed by atoms with Crippen LogP contribution in [-0.2, 0) is 21.3 Å². The Morgan fingerprint density at radius 3 is 2.59 bits per heavy atom. The largest absolute Gasteiger partial charge is 0.497 e. The molecule has 1 aliphatic heterocycles. The van der Waals surface area contributed by atoms with Crippen LogP contribution in [0.2, 0.25) is 0 Å². The molecule has 0 radical (unpaired) electrons. The highest BCUT2D eigenvalue weighted by molar-refractivity contribution is 7.93. The first kappa shape index (κ1) is 24.3. The number of aromatic nitrogens is 2. The molecule has 4 rings (SSSR count). The molecule has 0 amide bonds. The summed E-state index contributed by atoms with van der Waals surface area (Å²) in [5, 5.41) is -0.0461. The smallest absolute Gasteiger partial charge is 0.266 e. The zero-order chi connectivity index (χ0) is 24.3. The number of halogens is 2. The van der Waals surface area contributed by atoms with Gasteiger partial charge in [0.05, 0.1) is 26.9 Å². The fourth-order valence-corrected chi connectivity index (χ4v) is 5.18. The number of hydrogen-bond acceptors (Lipinski definition) is 9. The SMILES string of the molecule is COc1cc(C)cc(Oc2cc(F)c(S(=O)(=O)Nc3nc(CN4CCOCC4)ns3)cc2F)c1. The highest BCUT2D eigenvalue weighted by Gasteiger charge is 2.25. The predicted octanol–water partition coefficient (Wildman–Crippen LogP) is 3.56. The lowest BCUT2D eigenvalue weighted by atomic mass is 10.2. The topological polar surface area (TPSA) is 103 Å². The minimum absolute atomic E-state index is 0.0461. The van der Waals surface area contributed by atoms with Crippen molar-refractivity contribution in [2.24, 2.45) is 0 Å². The maximum atomic E-state index is 14.7. The lowest BCUT2D eigenvalue weighted by Gasteiger charge is -2.25. The van der Waals surface area contributed by atoms with Gasteiger partial charge in [0.25, 0.3) is 10.0 Å². The summed E-state index contributed by atoms with van der Waals surface area (Å²) in [6.45, 7) is 4.86. The maximum Gasteiger partial charge on any atom is 0.266 e. The molecule has 0 aliphatic carbocycles. The number of sulfonamides is 1. The van der Waals surface area contributed by atoms with E-state index in [1.54, 1.807) is 19.1 Å². The fraction of sp³-hybridized carbons (Fsp3) is 0.333. The number of rotatable bonds is 8. The Labute approximate surface area is 199 Å². The van der Waals surface area contributed by atoms with Gasteiger partial charge in [0, 0.05) is 42.8 Å². The number of hydrogen-bond donors (Lipinski definition) is 1. The Morgan fingerprint density at radius 1 is 1.12 bits per heavy atom. The summed E-state index contributed by atoms with van der Waals surface area (Å²) in [6, 6.07) is 6.10. The molecule has 13 heteroatoms. The van der Waals surface area contributed by atoms with Gasteiger partial charge >= 0.3 is 0 Å². The first-order valence-electron chi connectivity index (χ1n) is 10.2. The minimum atomic E-state index is -4.46. The van der Waals surface area contributed by atoms with Crippen molar-refractivity contribution >= 4 is 26.7 Å². The number of anilines is 1. The molecule has 1 fully saturated rings. The Hall–Kier alpha value is -2.87. The Bertz CT molecular complexity index is 1280. The Kier molecular flexibility index (Phi) is 7.26. The van der Waals surface area contributed by atoms with E-state index in [2.05, 4.69) is 19.0 Å². The number of benzene rings is 2. The monoisotopic (exact) mass is 512 g/mol. The quantitative estimate of drug-likeness (QED) is 0.489. The van der Waals surface area contributed by atoms with Gasteiger partial charge in [0.15, 0.2) is 17.4 Å². The van der Waals surface area contributed by atoms with Gasteiger partial charge < -0.3 is 14.2 Å². The van der Waals surface area contributed by atoms with Crippen LogP contribution in [0.25, 0.3) is 0 Å². The molecule has 1 N–H and O–H groups in total. The molecule has 0 saturated carbocycles. The summed E-state index contributed by atoms with van der Waals surface area (Å²) < 4.78 is 77.0. The molecule has 0 bridgehead atoms. The van der Waals surface area contributed by atoms with Crippen LogP contribution in [0.5, 0.6) is 17.2 Å². The molecule has 182 valence electrons. The third kappa shape index (κ3) is 5.78. The lowest BCUT2D eigenvalue weighted by molar-refractivity contribution is 0.0332. The van der Waals surface area contributed by atoms with E-state index in [0.29, 0.717) is 56.6 Å². The van der Waals surface area contributed by atoms with E-state index in [0.717, 1.165) is 17.1 Å². The normalized spacial score (nSPS) is 14.7. The van der Waals surface area contributed by atoms with Crippen LogP contribution < -0.4 is 14.2 Å². The molecule has 1 saturated heterocycles. The first-order valence-corrected chi connectivity index (χ1v) is 12.5. The summed E-state index contributed by atoms with van der Waals surface area (Å²) in [7, 11) is -2.99. The van der Waals surface area contributed by atoms with Gasteiger partial charge in [-0.25, -0.2) is 22.2 Å². The first-order chi connectivity index (χ1) is 16.2. The van der Waals surface area contributed by atoms with Crippen LogP contribution in [0.1, 0.15) is 11.4 Å². The van der Waals surface area contributed by atoms with Crippen molar-refractivity contribution in [3.05, 3.63) is 53.4 Å². The predicted molar refractivity (Wildman–Crippen MR) is 121 cm³/mol. The second-order valence-corrected chi connectivity index (χ2v) is 9.91. The van der Waals surface area contributed by atoms with Crippen LogP contribution >= 0.6 is 11.5 Å². The van der Waals surface area contributed by atoms with Crippen LogP contribution in [0.3, 0.4) is 0 Å². The summed E-state index contributed by atoms with van der Waals surface area (Å²) in [4.78, 5) is 5.35. The Balaban J connectivity index is 1.50. The van der Waals surface area contributed by atoms with Gasteiger partial charge in [0.1, 0.15) is 22.2 Å². The van der Waals surface area contributed by atoms with E-state index in [-0.39, 0.29) is 10.9 Å². The molecule has 34 heavy (non-hydrogen) atoms. The number of nitrogens with zero attached hydrogens (tertiary/aromatic N) is 3. The van der Waals surface area contributed by atoms with E-state index < -0.39 is 32.3 Å². The molecular weight excluding hydrogens is 490 g/mol. The summed E-state index contributed by atoms with van der Waals surface area (Å²) >= 11 is 0.817. The van der Waals surface area contributed by atoms with Gasteiger partial charge in [-0.15, -0.1) is 0 Å². The Morgan fingerprint density at radius 2 is 1.85 bits per heavy atom. The van der Waals surface area contributed by atoms with Crippen molar-refractivity contribution in [1.82, 2.24) is 14.3 Å². The van der Waals surface area contributed by atoms with Crippen molar-refractivity contribution in [1.29, 1.82) is 0 Å². The minimum Gasteiger partial charge on any atom is -0.497 e. The van der Waals surface area contributed by atoms with Gasteiger partial charge in [-0.05, 0) is 24.6 Å². The van der Waals surface area contributed by atoms with Crippen molar-refractivity contribution < 1.29 is 31.4 Å². The van der Waals surface area contributed by atoms with E-state index in [9.17, 15) is 17.2 Å². The molecule has 2 aromatic carbocycles. The van der Waals surface area contributed by atoms with Crippen LogP contribution in [0.4, 0.5) is 13.9 Å². The standard InChI is InChI=1S/C21H22F2N4O5S2/c1-13-7-14(30-2)9-15(8-13)32-18-10-17(23)19(11-16(18)22)34(28,29)26-21-24-20(25-33-21)12-27-3-5-31-6-4-27/h7-11H,3-6,12H2,1-2H3,(H,24,25,26). The second kappa shape index (κ2) is 10.2. The van der Waals surface area contributed by atoms with Gasteiger partial charge in [-0.2, -0.15) is 4.37 Å². The van der Waals surface area contributed by atoms with Crippen LogP contribution in [-0.4, -0.2) is 56.1 Å². The second-order valence-electron chi connectivity index (χ2n) is 7.51. The molecule has 3 aromatic rings. The van der Waals surface area contributed by atoms with E-state index in [4.69, 9.17) is 14.2 Å². The maximum absolute atomic E-state index is 14.7. The zero-order valence-corrected chi connectivity index (χ0v) is 20.0. The van der Waals surface area contributed by atoms with E-state index in [1.807, 2.05) is 0 Å². The number of methoxy groups -OCH3 is 1. The average Bonchev–Trinajstić information content (AvgIpc) is 3.22. The van der Waals surface area contributed by atoms with Crippen molar-refractivity contribution in [3.63, 3.8) is 0 Å². The van der Waals surface area contributed by atoms with Crippen molar-refractivity contribution in [2.45, 2.75) is 18.4 Å². The van der Waals surface area contributed by atoms with E-state index >= 15 is 0 Å². The molecule has 0 atom stereocenters. The molecule has 0 spiro atoms. The highest BCUT2D eigenvalue weighted by atomic mass is 32.2. The fourth-order valence-electron chi connectivity index (χ4n) is 3.30. The van der Waals surface area contributed by atoms with E-state index in [1.165, 1.54) is 13.2 Å². The summed E-state index contributed by atoms with van der Waals surface area (Å²) in [6.07, 6.45) is 0. The van der Waals surface area contributed by atoms with Crippen LogP contribution in [0, 0.1) is 18.6 Å². The van der Waals surface area contributed by atoms with Crippen molar-refractivity contribution in [2.75, 3.05) is 38.1 Å². The summed E-state index contributed by atoms with van der Waals surface area (Å²) in [5.41, 5.74) is 0.781. The molecule has 1 aliphatic rings. The average molecular weight is 513 g/mol. The van der Waals surface area contributed by atoms with Crippen LogP contribution in [0.15, 0.2) is 35.2 Å². The van der Waals surface area contributed by atoms with Gasteiger partial charge in [0.2, 0.25) is 5.13 Å². The summed E-state index contributed by atoms with van der Waals surface area (Å²) in [5.74, 6) is -1.58. The van der Waals surface area contributed by atoms with Gasteiger partial charge in [-0.1, -0.05) is 0 Å². The number of nitrogens with one attached hydrogen (secondary N) is 1. The molecular formula is C21H22F2N4O5S2. The third-order valence-corrected chi connectivity index (χ3v) is 7.07. The molecule has 1 aromatic heterocycles. The molecule has 2 heterocycles. The number of ether oxygens (including phenoxy) is 3. The van der Waals surface area contributed by atoms with Crippen molar-refractivity contribution in [3.8, 4) is 17.2 Å².